The molecule has 0 bridgehead atoms. The van der Waals surface area contributed by atoms with E-state index in [2.05, 4.69) is 15.5 Å². The van der Waals surface area contributed by atoms with Crippen molar-refractivity contribution in [1.29, 1.82) is 0 Å². The molecule has 4 nitrogen and oxygen atoms in total. The third-order valence-corrected chi connectivity index (χ3v) is 3.84. The van der Waals surface area contributed by atoms with Crippen molar-refractivity contribution in [3.63, 3.8) is 0 Å². The first-order valence-electron chi connectivity index (χ1n) is 7.61. The molecule has 1 aromatic heterocycles. The molecular weight excluding hydrogens is 310 g/mol. The highest BCUT2D eigenvalue weighted by Gasteiger charge is 2.11. The summed E-state index contributed by atoms with van der Waals surface area (Å²) in [5.74, 6) is 1.88. The van der Waals surface area contributed by atoms with Crippen molar-refractivity contribution >= 4 is 22.6 Å². The van der Waals surface area contributed by atoms with Crippen molar-refractivity contribution in [3.8, 4) is 5.75 Å². The summed E-state index contributed by atoms with van der Waals surface area (Å²) in [6.07, 6.45) is 0. The van der Waals surface area contributed by atoms with Crippen molar-refractivity contribution < 1.29 is 4.74 Å². The Kier molecular flexibility index (Phi) is 4.84. The highest BCUT2D eigenvalue weighted by Crippen LogP contribution is 2.18. The van der Waals surface area contributed by atoms with Gasteiger partial charge in [-0.05, 0) is 50.5 Å². The number of imidazole rings is 1. The molecule has 0 aliphatic heterocycles. The Morgan fingerprint density at radius 3 is 2.57 bits per heavy atom. The van der Waals surface area contributed by atoms with Crippen LogP contribution in [0.2, 0.25) is 5.02 Å². The van der Waals surface area contributed by atoms with E-state index < -0.39 is 0 Å². The van der Waals surface area contributed by atoms with Gasteiger partial charge in [0, 0.05) is 5.02 Å². The molecule has 0 N–H and O–H groups in total. The molecule has 2 aromatic carbocycles. The van der Waals surface area contributed by atoms with E-state index in [9.17, 15) is 0 Å². The highest BCUT2D eigenvalue weighted by molar-refractivity contribution is 6.30. The van der Waals surface area contributed by atoms with E-state index in [1.165, 1.54) is 0 Å². The lowest BCUT2D eigenvalue weighted by Gasteiger charge is -2.13. The lowest BCUT2D eigenvalue weighted by molar-refractivity contribution is 0.293. The molecule has 0 fully saturated rings. The van der Waals surface area contributed by atoms with Crippen molar-refractivity contribution in [2.45, 2.75) is 13.1 Å². The van der Waals surface area contributed by atoms with Crippen LogP contribution in [0, 0.1) is 0 Å². The summed E-state index contributed by atoms with van der Waals surface area (Å²) in [7, 11) is 4.10. The molecule has 3 aromatic rings. The van der Waals surface area contributed by atoms with E-state index in [4.69, 9.17) is 21.3 Å². The zero-order chi connectivity index (χ0) is 16.2. The third kappa shape index (κ3) is 3.84. The zero-order valence-electron chi connectivity index (χ0n) is 13.4. The average Bonchev–Trinajstić information content (AvgIpc) is 2.86. The number of ether oxygens (including phenoxy) is 1. The average molecular weight is 330 g/mol. The van der Waals surface area contributed by atoms with Gasteiger partial charge >= 0.3 is 0 Å². The van der Waals surface area contributed by atoms with Gasteiger partial charge in [0.1, 0.15) is 18.2 Å². The molecule has 23 heavy (non-hydrogen) atoms. The van der Waals surface area contributed by atoms with E-state index in [1.807, 2.05) is 56.6 Å². The van der Waals surface area contributed by atoms with E-state index >= 15 is 0 Å². The largest absolute Gasteiger partial charge is 0.492 e. The summed E-state index contributed by atoms with van der Waals surface area (Å²) in [6.45, 7) is 2.14. The van der Waals surface area contributed by atoms with Crippen LogP contribution in [0.25, 0.3) is 11.0 Å². The van der Waals surface area contributed by atoms with Crippen LogP contribution in [0.5, 0.6) is 5.75 Å². The molecule has 0 saturated heterocycles. The maximum absolute atomic E-state index is 5.89. The molecule has 1 heterocycles. The van der Waals surface area contributed by atoms with Crippen LogP contribution >= 0.6 is 11.6 Å². The van der Waals surface area contributed by atoms with Crippen LogP contribution in [0.1, 0.15) is 5.82 Å². The number of rotatable bonds is 6. The minimum atomic E-state index is 0.586. The second-order valence-electron chi connectivity index (χ2n) is 5.71. The summed E-state index contributed by atoms with van der Waals surface area (Å²) in [4.78, 5) is 6.86. The van der Waals surface area contributed by atoms with Gasteiger partial charge < -0.3 is 14.2 Å². The van der Waals surface area contributed by atoms with Gasteiger partial charge in [-0.25, -0.2) is 4.98 Å². The number of para-hydroxylation sites is 2. The van der Waals surface area contributed by atoms with E-state index in [0.29, 0.717) is 11.6 Å². The zero-order valence-corrected chi connectivity index (χ0v) is 14.1. The number of halogens is 1. The smallest absolute Gasteiger partial charge is 0.124 e. The Hall–Kier alpha value is -2.04. The fraction of sp³-hybridized carbons (Fsp3) is 0.278. The van der Waals surface area contributed by atoms with Crippen LogP contribution in [0.15, 0.2) is 48.5 Å². The molecule has 3 rings (SSSR count). The van der Waals surface area contributed by atoms with Gasteiger partial charge in [-0.2, -0.15) is 0 Å². The first kappa shape index (κ1) is 15.8. The molecule has 0 aliphatic carbocycles. The maximum atomic E-state index is 5.89. The van der Waals surface area contributed by atoms with Gasteiger partial charge in [-0.1, -0.05) is 23.7 Å². The molecule has 0 atom stereocenters. The Morgan fingerprint density at radius 1 is 1.09 bits per heavy atom. The minimum absolute atomic E-state index is 0.586. The Morgan fingerprint density at radius 2 is 1.83 bits per heavy atom. The molecule has 0 radical (unpaired) electrons. The molecule has 0 amide bonds. The predicted molar refractivity (Wildman–Crippen MR) is 94.1 cm³/mol. The van der Waals surface area contributed by atoms with Gasteiger partial charge in [-0.3, -0.25) is 0 Å². The summed E-state index contributed by atoms with van der Waals surface area (Å²) >= 11 is 5.89. The quantitative estimate of drug-likeness (QED) is 0.688. The monoisotopic (exact) mass is 329 g/mol. The van der Waals surface area contributed by atoms with Crippen LogP contribution in [0.4, 0.5) is 0 Å². The van der Waals surface area contributed by atoms with E-state index in [1.54, 1.807) is 0 Å². The summed E-state index contributed by atoms with van der Waals surface area (Å²) in [5, 5.41) is 0.714. The topological polar surface area (TPSA) is 30.3 Å². The molecule has 0 saturated carbocycles. The summed E-state index contributed by atoms with van der Waals surface area (Å²) in [6, 6.07) is 15.6. The molecular formula is C18H20ClN3O. The SMILES string of the molecule is CN(C)Cc1nc2ccccc2n1CCOc1ccc(Cl)cc1. The predicted octanol–water partition coefficient (Wildman–Crippen LogP) is 3.83. The van der Waals surface area contributed by atoms with Crippen LogP contribution in [-0.4, -0.2) is 35.2 Å². The molecule has 5 heteroatoms. The first-order chi connectivity index (χ1) is 11.1. The maximum Gasteiger partial charge on any atom is 0.124 e. The number of benzene rings is 2. The van der Waals surface area contributed by atoms with Gasteiger partial charge in [0.25, 0.3) is 0 Å². The Balaban J connectivity index is 1.76. The van der Waals surface area contributed by atoms with Crippen molar-refractivity contribution in [2.75, 3.05) is 20.7 Å². The Bertz CT molecular complexity index is 781. The number of nitrogens with zero attached hydrogens (tertiary/aromatic N) is 3. The highest BCUT2D eigenvalue weighted by atomic mass is 35.5. The molecule has 0 unspecified atom stereocenters. The minimum Gasteiger partial charge on any atom is -0.492 e. The lowest BCUT2D eigenvalue weighted by Crippen LogP contribution is -2.17. The van der Waals surface area contributed by atoms with Crippen molar-refractivity contribution in [3.05, 3.63) is 59.4 Å². The van der Waals surface area contributed by atoms with Gasteiger partial charge in [-0.15, -0.1) is 0 Å². The fourth-order valence-electron chi connectivity index (χ4n) is 2.56. The van der Waals surface area contributed by atoms with Crippen molar-refractivity contribution in [2.24, 2.45) is 0 Å². The van der Waals surface area contributed by atoms with Crippen molar-refractivity contribution in [1.82, 2.24) is 14.5 Å². The van der Waals surface area contributed by atoms with E-state index in [-0.39, 0.29) is 0 Å². The summed E-state index contributed by atoms with van der Waals surface area (Å²) in [5.41, 5.74) is 2.17. The van der Waals surface area contributed by atoms with Gasteiger partial charge in [0.2, 0.25) is 0 Å². The standard InChI is InChI=1S/C18H20ClN3O/c1-21(2)13-18-20-16-5-3-4-6-17(16)22(18)11-12-23-15-9-7-14(19)8-10-15/h3-10H,11-13H2,1-2H3. The van der Waals surface area contributed by atoms with Crippen LogP contribution in [-0.2, 0) is 13.1 Å². The first-order valence-corrected chi connectivity index (χ1v) is 7.98. The second kappa shape index (κ2) is 7.02. The second-order valence-corrected chi connectivity index (χ2v) is 6.14. The van der Waals surface area contributed by atoms with Crippen LogP contribution < -0.4 is 4.74 Å². The summed E-state index contributed by atoms with van der Waals surface area (Å²) < 4.78 is 8.05. The molecule has 0 spiro atoms. The van der Waals surface area contributed by atoms with Gasteiger partial charge in [0.05, 0.1) is 24.1 Å². The third-order valence-electron chi connectivity index (χ3n) is 3.59. The molecule has 120 valence electrons. The number of aromatic nitrogens is 2. The molecule has 0 aliphatic rings. The number of hydrogen-bond acceptors (Lipinski definition) is 3. The number of fused-ring (bicyclic) bond motifs is 1. The van der Waals surface area contributed by atoms with E-state index in [0.717, 1.165) is 35.7 Å². The van der Waals surface area contributed by atoms with Gasteiger partial charge in [0.15, 0.2) is 0 Å². The number of hydrogen-bond donors (Lipinski definition) is 0. The normalized spacial score (nSPS) is 11.3. The fourth-order valence-corrected chi connectivity index (χ4v) is 2.69. The van der Waals surface area contributed by atoms with Crippen LogP contribution in [0.3, 0.4) is 0 Å². The Labute approximate surface area is 141 Å². The lowest BCUT2D eigenvalue weighted by atomic mass is 10.3.